The molecule has 0 radical (unpaired) electrons. The van der Waals surface area contributed by atoms with Crippen molar-refractivity contribution < 1.29 is 4.74 Å². The molecule has 0 heterocycles. The van der Waals surface area contributed by atoms with Crippen LogP contribution in [0.5, 0.6) is 5.75 Å². The van der Waals surface area contributed by atoms with Crippen molar-refractivity contribution in [3.05, 3.63) is 28.7 Å². The zero-order valence-corrected chi connectivity index (χ0v) is 15.0. The number of ether oxygens (including phenoxy) is 1. The molecule has 2 N–H and O–H groups in total. The van der Waals surface area contributed by atoms with Crippen LogP contribution in [0.4, 0.5) is 0 Å². The highest BCUT2D eigenvalue weighted by Gasteiger charge is 2.37. The van der Waals surface area contributed by atoms with Crippen LogP contribution < -0.4 is 10.5 Å². The highest BCUT2D eigenvalue weighted by molar-refractivity contribution is 9.10. The van der Waals surface area contributed by atoms with Crippen molar-refractivity contribution in [2.75, 3.05) is 6.54 Å². The van der Waals surface area contributed by atoms with Crippen molar-refractivity contribution in [1.82, 2.24) is 0 Å². The Bertz CT molecular complexity index is 443. The highest BCUT2D eigenvalue weighted by atomic mass is 79.9. The number of halogens is 1. The summed E-state index contributed by atoms with van der Waals surface area (Å²) in [6.45, 7) is 7.79. The van der Waals surface area contributed by atoms with Crippen LogP contribution in [0.1, 0.15) is 46.5 Å². The average molecular weight is 354 g/mol. The third-order valence-electron chi connectivity index (χ3n) is 5.35. The highest BCUT2D eigenvalue weighted by Crippen LogP contribution is 2.43. The lowest BCUT2D eigenvalue weighted by atomic mass is 9.66. The summed E-state index contributed by atoms with van der Waals surface area (Å²) in [5.74, 6) is 2.17. The van der Waals surface area contributed by atoms with E-state index in [9.17, 15) is 0 Å². The zero-order valence-electron chi connectivity index (χ0n) is 13.4. The van der Waals surface area contributed by atoms with Crippen LogP contribution in [0.25, 0.3) is 0 Å². The van der Waals surface area contributed by atoms with Crippen LogP contribution in [0.2, 0.25) is 0 Å². The van der Waals surface area contributed by atoms with E-state index in [2.05, 4.69) is 36.7 Å². The van der Waals surface area contributed by atoms with Gasteiger partial charge in [0.2, 0.25) is 0 Å². The Kier molecular flexibility index (Phi) is 5.73. The maximum absolute atomic E-state index is 6.28. The van der Waals surface area contributed by atoms with Gasteiger partial charge in [0, 0.05) is 10.4 Å². The molecule has 1 aliphatic carbocycles. The molecule has 0 saturated heterocycles. The lowest BCUT2D eigenvalue weighted by molar-refractivity contribution is 0.0259. The molecular formula is C18H28BrNO. The summed E-state index contributed by atoms with van der Waals surface area (Å²) in [7, 11) is 0. The van der Waals surface area contributed by atoms with Crippen molar-refractivity contribution in [3.8, 4) is 5.75 Å². The van der Waals surface area contributed by atoms with Crippen LogP contribution in [-0.4, -0.2) is 12.6 Å². The normalized spacial score (nSPS) is 26.6. The van der Waals surface area contributed by atoms with Crippen LogP contribution in [-0.2, 0) is 0 Å². The Morgan fingerprint density at radius 1 is 1.24 bits per heavy atom. The van der Waals surface area contributed by atoms with Gasteiger partial charge in [-0.05, 0) is 61.4 Å². The molecule has 21 heavy (non-hydrogen) atoms. The van der Waals surface area contributed by atoms with Gasteiger partial charge in [-0.15, -0.1) is 0 Å². The summed E-state index contributed by atoms with van der Waals surface area (Å²) in [6, 6.07) is 8.13. The molecule has 1 aromatic carbocycles. The predicted molar refractivity (Wildman–Crippen MR) is 92.5 cm³/mol. The van der Waals surface area contributed by atoms with Gasteiger partial charge in [0.15, 0.2) is 0 Å². The number of nitrogens with two attached hydrogens (primary N) is 1. The van der Waals surface area contributed by atoms with Gasteiger partial charge < -0.3 is 10.5 Å². The SMILES string of the molecule is CCC(C)(C)C1CCC(CN)C(Oc2ccc(Br)cc2)C1. The first-order chi connectivity index (χ1) is 9.96. The molecule has 3 atom stereocenters. The second kappa shape index (κ2) is 7.15. The first kappa shape index (κ1) is 16.8. The molecule has 1 aromatic rings. The number of hydrogen-bond acceptors (Lipinski definition) is 2. The largest absolute Gasteiger partial charge is 0.490 e. The maximum atomic E-state index is 6.28. The monoisotopic (exact) mass is 353 g/mol. The van der Waals surface area contributed by atoms with Gasteiger partial charge in [0.1, 0.15) is 11.9 Å². The average Bonchev–Trinajstić information content (AvgIpc) is 2.49. The Morgan fingerprint density at radius 2 is 1.90 bits per heavy atom. The third kappa shape index (κ3) is 4.23. The van der Waals surface area contributed by atoms with Gasteiger partial charge >= 0.3 is 0 Å². The molecule has 2 rings (SSSR count). The Labute approximate surface area is 137 Å². The Balaban J connectivity index is 2.08. The lowest BCUT2D eigenvalue weighted by Gasteiger charge is -2.42. The molecule has 0 aliphatic heterocycles. The molecule has 1 aliphatic rings. The summed E-state index contributed by atoms with van der Waals surface area (Å²) in [5, 5.41) is 0. The van der Waals surface area contributed by atoms with Gasteiger partial charge in [0.05, 0.1) is 0 Å². The fourth-order valence-corrected chi connectivity index (χ4v) is 3.56. The summed E-state index contributed by atoms with van der Waals surface area (Å²) >= 11 is 3.47. The molecule has 1 saturated carbocycles. The van der Waals surface area contributed by atoms with Crippen molar-refractivity contribution in [2.24, 2.45) is 23.0 Å². The number of benzene rings is 1. The van der Waals surface area contributed by atoms with Gasteiger partial charge in [-0.3, -0.25) is 0 Å². The Morgan fingerprint density at radius 3 is 2.48 bits per heavy atom. The zero-order chi connectivity index (χ0) is 15.5. The van der Waals surface area contributed by atoms with E-state index in [1.807, 2.05) is 24.3 Å². The molecule has 2 nitrogen and oxygen atoms in total. The summed E-state index contributed by atoms with van der Waals surface area (Å²) < 4.78 is 7.37. The van der Waals surface area contributed by atoms with Crippen molar-refractivity contribution in [2.45, 2.75) is 52.6 Å². The topological polar surface area (TPSA) is 35.2 Å². The Hall–Kier alpha value is -0.540. The first-order valence-corrected chi connectivity index (χ1v) is 8.88. The second-order valence-corrected chi connectivity index (χ2v) is 7.87. The fraction of sp³-hybridized carbons (Fsp3) is 0.667. The molecule has 3 unspecified atom stereocenters. The van der Waals surface area contributed by atoms with E-state index in [0.717, 1.165) is 29.1 Å². The molecule has 0 bridgehead atoms. The minimum atomic E-state index is 0.251. The summed E-state index contributed by atoms with van der Waals surface area (Å²) in [6.07, 6.45) is 5.06. The predicted octanol–water partition coefficient (Wildman–Crippen LogP) is 5.01. The van der Waals surface area contributed by atoms with E-state index in [4.69, 9.17) is 10.5 Å². The first-order valence-electron chi connectivity index (χ1n) is 8.08. The molecule has 3 heteroatoms. The van der Waals surface area contributed by atoms with Crippen molar-refractivity contribution >= 4 is 15.9 Å². The van der Waals surface area contributed by atoms with Gasteiger partial charge in [-0.2, -0.15) is 0 Å². The third-order valence-corrected chi connectivity index (χ3v) is 5.88. The molecule has 118 valence electrons. The van der Waals surface area contributed by atoms with Crippen LogP contribution in [0.15, 0.2) is 28.7 Å². The van der Waals surface area contributed by atoms with E-state index >= 15 is 0 Å². The molecule has 1 fully saturated rings. The van der Waals surface area contributed by atoms with E-state index in [0.29, 0.717) is 11.3 Å². The van der Waals surface area contributed by atoms with E-state index in [1.54, 1.807) is 0 Å². The van der Waals surface area contributed by atoms with Gasteiger partial charge in [-0.25, -0.2) is 0 Å². The smallest absolute Gasteiger partial charge is 0.119 e. The van der Waals surface area contributed by atoms with Crippen molar-refractivity contribution in [1.29, 1.82) is 0 Å². The quantitative estimate of drug-likeness (QED) is 0.807. The van der Waals surface area contributed by atoms with Crippen LogP contribution >= 0.6 is 15.9 Å². The van der Waals surface area contributed by atoms with E-state index < -0.39 is 0 Å². The maximum Gasteiger partial charge on any atom is 0.119 e. The van der Waals surface area contributed by atoms with Crippen LogP contribution in [0, 0.1) is 17.3 Å². The standard InChI is InChI=1S/C18H28BrNO/c1-4-18(2,3)14-6-5-13(12-20)17(11-14)21-16-9-7-15(19)8-10-16/h7-10,13-14,17H,4-6,11-12,20H2,1-3H3. The summed E-state index contributed by atoms with van der Waals surface area (Å²) in [5.41, 5.74) is 6.36. The molecule has 0 amide bonds. The molecule has 0 aromatic heterocycles. The molecular weight excluding hydrogens is 326 g/mol. The molecule has 0 spiro atoms. The summed E-state index contributed by atoms with van der Waals surface area (Å²) in [4.78, 5) is 0. The van der Waals surface area contributed by atoms with E-state index in [-0.39, 0.29) is 6.10 Å². The van der Waals surface area contributed by atoms with Gasteiger partial charge in [0.25, 0.3) is 0 Å². The minimum absolute atomic E-state index is 0.251. The van der Waals surface area contributed by atoms with Crippen molar-refractivity contribution in [3.63, 3.8) is 0 Å². The minimum Gasteiger partial charge on any atom is -0.490 e. The number of rotatable bonds is 5. The van der Waals surface area contributed by atoms with Crippen LogP contribution in [0.3, 0.4) is 0 Å². The fourth-order valence-electron chi connectivity index (χ4n) is 3.29. The lowest BCUT2D eigenvalue weighted by Crippen LogP contribution is -2.41. The van der Waals surface area contributed by atoms with E-state index in [1.165, 1.54) is 19.3 Å². The van der Waals surface area contributed by atoms with Gasteiger partial charge in [-0.1, -0.05) is 43.1 Å². The number of hydrogen-bond donors (Lipinski definition) is 1. The second-order valence-electron chi connectivity index (χ2n) is 6.96.